The van der Waals surface area contributed by atoms with Gasteiger partial charge < -0.3 is 11.1 Å². The molecule has 0 aliphatic rings. The van der Waals surface area contributed by atoms with Crippen LogP contribution in [-0.2, 0) is 13.0 Å². The minimum Gasteiger partial charge on any atom is -0.370 e. The van der Waals surface area contributed by atoms with Crippen molar-refractivity contribution >= 4 is 17.2 Å². The van der Waals surface area contributed by atoms with Crippen molar-refractivity contribution in [2.24, 2.45) is 5.73 Å². The van der Waals surface area contributed by atoms with Gasteiger partial charge in [-0.2, -0.15) is 0 Å². The van der Waals surface area contributed by atoms with Gasteiger partial charge >= 0.3 is 0 Å². The first-order valence-electron chi connectivity index (χ1n) is 5.86. The van der Waals surface area contributed by atoms with Crippen LogP contribution in [0, 0.1) is 13.8 Å². The van der Waals surface area contributed by atoms with Crippen LogP contribution in [0.25, 0.3) is 0 Å². The minimum absolute atomic E-state index is 0.437. The van der Waals surface area contributed by atoms with E-state index in [4.69, 9.17) is 5.73 Å². The van der Waals surface area contributed by atoms with E-state index in [9.17, 15) is 0 Å². The molecule has 3 N–H and O–H groups in total. The zero-order chi connectivity index (χ0) is 13.0. The zero-order valence-electron chi connectivity index (χ0n) is 10.6. The Morgan fingerprint density at radius 1 is 1.33 bits per heavy atom. The van der Waals surface area contributed by atoms with Crippen molar-refractivity contribution in [1.29, 1.82) is 0 Å². The van der Waals surface area contributed by atoms with Crippen LogP contribution in [0.2, 0.25) is 0 Å². The fourth-order valence-electron chi connectivity index (χ4n) is 1.69. The molecule has 6 heteroatoms. The van der Waals surface area contributed by atoms with Crippen molar-refractivity contribution in [3.8, 4) is 0 Å². The van der Waals surface area contributed by atoms with Crippen LogP contribution in [0.3, 0.4) is 0 Å². The lowest BCUT2D eigenvalue weighted by Crippen LogP contribution is -2.09. The molecule has 96 valence electrons. The van der Waals surface area contributed by atoms with E-state index in [1.165, 1.54) is 4.88 Å². The highest BCUT2D eigenvalue weighted by Gasteiger charge is 2.03. The molecule has 0 unspecified atom stereocenters. The van der Waals surface area contributed by atoms with Gasteiger partial charge in [-0.3, -0.25) is 0 Å². The third-order valence-corrected chi connectivity index (χ3v) is 3.60. The molecule has 2 aromatic heterocycles. The maximum atomic E-state index is 5.59. The van der Waals surface area contributed by atoms with Gasteiger partial charge in [0.1, 0.15) is 11.6 Å². The van der Waals surface area contributed by atoms with Crippen LogP contribution < -0.4 is 11.1 Å². The molecule has 0 amide bonds. The van der Waals surface area contributed by atoms with E-state index in [2.05, 4.69) is 20.3 Å². The first-order valence-corrected chi connectivity index (χ1v) is 6.74. The molecule has 0 bridgehead atoms. The number of hydrogen-bond donors (Lipinski definition) is 2. The quantitative estimate of drug-likeness (QED) is 0.858. The van der Waals surface area contributed by atoms with E-state index >= 15 is 0 Å². The topological polar surface area (TPSA) is 76.7 Å². The van der Waals surface area contributed by atoms with Crippen molar-refractivity contribution in [1.82, 2.24) is 15.0 Å². The molecule has 0 aromatic carbocycles. The molecular weight excluding hydrogens is 246 g/mol. The average Bonchev–Trinajstić information content (AvgIpc) is 2.74. The fraction of sp³-hybridized carbons (Fsp3) is 0.417. The third kappa shape index (κ3) is 3.24. The minimum atomic E-state index is 0.437. The molecule has 0 saturated heterocycles. The van der Waals surface area contributed by atoms with Crippen molar-refractivity contribution in [2.45, 2.75) is 26.8 Å². The molecule has 5 nitrogen and oxygen atoms in total. The van der Waals surface area contributed by atoms with Crippen LogP contribution in [0.4, 0.5) is 5.82 Å². The summed E-state index contributed by atoms with van der Waals surface area (Å²) in [5.74, 6) is 1.58. The maximum Gasteiger partial charge on any atom is 0.129 e. The molecule has 0 spiro atoms. The zero-order valence-corrected chi connectivity index (χ0v) is 11.4. The van der Waals surface area contributed by atoms with E-state index in [0.29, 0.717) is 6.54 Å². The van der Waals surface area contributed by atoms with Gasteiger partial charge in [0.2, 0.25) is 0 Å². The second-order valence-electron chi connectivity index (χ2n) is 4.03. The molecule has 18 heavy (non-hydrogen) atoms. The van der Waals surface area contributed by atoms with Gasteiger partial charge in [-0.05, 0) is 13.8 Å². The van der Waals surface area contributed by atoms with Gasteiger partial charge in [-0.25, -0.2) is 15.0 Å². The smallest absolute Gasteiger partial charge is 0.129 e. The van der Waals surface area contributed by atoms with Gasteiger partial charge in [0.15, 0.2) is 0 Å². The van der Waals surface area contributed by atoms with Crippen molar-refractivity contribution < 1.29 is 0 Å². The Morgan fingerprint density at radius 2 is 2.17 bits per heavy atom. The number of aryl methyl sites for hydroxylation is 2. The summed E-state index contributed by atoms with van der Waals surface area (Å²) in [6.07, 6.45) is 0.956. The van der Waals surface area contributed by atoms with Crippen molar-refractivity contribution in [3.05, 3.63) is 33.7 Å². The number of anilines is 1. The Kier molecular flexibility index (Phi) is 4.22. The highest BCUT2D eigenvalue weighted by atomic mass is 32.1. The molecule has 0 atom stereocenters. The number of nitrogens with zero attached hydrogens (tertiary/aromatic N) is 3. The first kappa shape index (κ1) is 12.9. The lowest BCUT2D eigenvalue weighted by molar-refractivity contribution is 0.916. The summed E-state index contributed by atoms with van der Waals surface area (Å²) in [4.78, 5) is 14.1. The summed E-state index contributed by atoms with van der Waals surface area (Å²) in [5, 5.41) is 3.30. The number of aromatic nitrogens is 3. The Labute approximate surface area is 111 Å². The van der Waals surface area contributed by atoms with E-state index < -0.39 is 0 Å². The molecular formula is C12H17N5S. The van der Waals surface area contributed by atoms with Crippen molar-refractivity contribution in [2.75, 3.05) is 11.9 Å². The van der Waals surface area contributed by atoms with Gasteiger partial charge in [0, 0.05) is 30.5 Å². The summed E-state index contributed by atoms with van der Waals surface area (Å²) in [5.41, 5.74) is 9.44. The summed E-state index contributed by atoms with van der Waals surface area (Å²) >= 11 is 1.69. The number of nitrogens with one attached hydrogen (secondary N) is 1. The molecule has 2 heterocycles. The van der Waals surface area contributed by atoms with E-state index in [0.717, 1.165) is 36.0 Å². The SMILES string of the molecule is Cc1nc(CN)cc(NCCc2scnc2C)n1. The highest BCUT2D eigenvalue weighted by Crippen LogP contribution is 2.13. The number of rotatable bonds is 5. The van der Waals surface area contributed by atoms with Crippen molar-refractivity contribution in [3.63, 3.8) is 0 Å². The Morgan fingerprint density at radius 3 is 2.83 bits per heavy atom. The van der Waals surface area contributed by atoms with Crippen LogP contribution in [0.15, 0.2) is 11.6 Å². The number of nitrogens with two attached hydrogens (primary N) is 1. The molecule has 0 radical (unpaired) electrons. The van der Waals surface area contributed by atoms with Crippen LogP contribution in [0.5, 0.6) is 0 Å². The van der Waals surface area contributed by atoms with E-state index in [1.54, 1.807) is 11.3 Å². The first-order chi connectivity index (χ1) is 8.69. The van der Waals surface area contributed by atoms with Crippen LogP contribution >= 0.6 is 11.3 Å². The van der Waals surface area contributed by atoms with E-state index in [-0.39, 0.29) is 0 Å². The Hall–Kier alpha value is -1.53. The fourth-order valence-corrected chi connectivity index (χ4v) is 2.48. The summed E-state index contributed by atoms with van der Waals surface area (Å²) in [6, 6.07) is 1.90. The summed E-state index contributed by atoms with van der Waals surface area (Å²) < 4.78 is 0. The lowest BCUT2D eigenvalue weighted by atomic mass is 10.3. The predicted molar refractivity (Wildman–Crippen MR) is 73.7 cm³/mol. The summed E-state index contributed by atoms with van der Waals surface area (Å²) in [7, 11) is 0. The summed E-state index contributed by atoms with van der Waals surface area (Å²) in [6.45, 7) is 5.18. The second-order valence-corrected chi connectivity index (χ2v) is 4.97. The van der Waals surface area contributed by atoms with Crippen LogP contribution in [-0.4, -0.2) is 21.5 Å². The molecule has 2 rings (SSSR count). The molecule has 0 aliphatic carbocycles. The van der Waals surface area contributed by atoms with Gasteiger partial charge in [-0.1, -0.05) is 0 Å². The highest BCUT2D eigenvalue weighted by molar-refractivity contribution is 7.09. The van der Waals surface area contributed by atoms with Gasteiger partial charge in [0.05, 0.1) is 16.9 Å². The number of hydrogen-bond acceptors (Lipinski definition) is 6. The molecule has 0 fully saturated rings. The standard InChI is InChI=1S/C12H17N5S/c1-8-11(18-7-15-8)3-4-14-12-5-10(6-13)16-9(2)17-12/h5,7H,3-4,6,13H2,1-2H3,(H,14,16,17). The largest absolute Gasteiger partial charge is 0.370 e. The van der Waals surface area contributed by atoms with E-state index in [1.807, 2.05) is 25.4 Å². The van der Waals surface area contributed by atoms with Gasteiger partial charge in [-0.15, -0.1) is 11.3 Å². The Bertz CT molecular complexity index is 523. The average molecular weight is 263 g/mol. The van der Waals surface area contributed by atoms with Crippen LogP contribution in [0.1, 0.15) is 22.1 Å². The molecule has 0 aliphatic heterocycles. The normalized spacial score (nSPS) is 10.6. The predicted octanol–water partition coefficient (Wildman–Crippen LogP) is 1.66. The molecule has 2 aromatic rings. The number of thiazole rings is 1. The molecule has 0 saturated carbocycles. The monoisotopic (exact) mass is 263 g/mol. The Balaban J connectivity index is 1.94. The lowest BCUT2D eigenvalue weighted by Gasteiger charge is -2.07. The third-order valence-electron chi connectivity index (χ3n) is 2.60. The maximum absolute atomic E-state index is 5.59. The second kappa shape index (κ2) is 5.88. The van der Waals surface area contributed by atoms with Gasteiger partial charge in [0.25, 0.3) is 0 Å².